The highest BCUT2D eigenvalue weighted by atomic mass is 35.5. The molecule has 1 aromatic carbocycles. The van der Waals surface area contributed by atoms with Crippen LogP contribution in [0.3, 0.4) is 0 Å². The summed E-state index contributed by atoms with van der Waals surface area (Å²) < 4.78 is 30.3. The van der Waals surface area contributed by atoms with Crippen molar-refractivity contribution in [1.29, 1.82) is 5.26 Å². The summed E-state index contributed by atoms with van der Waals surface area (Å²) in [4.78, 5) is 30.0. The van der Waals surface area contributed by atoms with Gasteiger partial charge in [0.2, 0.25) is 0 Å². The lowest BCUT2D eigenvalue weighted by Gasteiger charge is -2.17. The molecule has 2 heterocycles. The molecule has 3 aromatic rings. The van der Waals surface area contributed by atoms with Crippen LogP contribution in [0.25, 0.3) is 11.0 Å². The van der Waals surface area contributed by atoms with Crippen molar-refractivity contribution in [2.75, 3.05) is 12.9 Å². The standard InChI is InChI=1S/C23H21ClN4O5S/c1-28-20-17(27-19(24)10-18(20)33-13-23(7-8-23)34(2,31)32)9-16(22(28)30)21(29)26-12-15-5-3-14(11-25)4-6-15/h3-6,9-10H,7-8,12-13H2,1-2H3,(H,26,29). The Labute approximate surface area is 200 Å². The van der Waals surface area contributed by atoms with Gasteiger partial charge in [0.15, 0.2) is 9.84 Å². The van der Waals surface area contributed by atoms with E-state index in [1.807, 2.05) is 6.07 Å². The molecule has 176 valence electrons. The molecule has 0 bridgehead atoms. The molecule has 2 aromatic heterocycles. The molecule has 1 aliphatic carbocycles. The number of nitriles is 1. The van der Waals surface area contributed by atoms with Gasteiger partial charge >= 0.3 is 0 Å². The van der Waals surface area contributed by atoms with Gasteiger partial charge in [-0.1, -0.05) is 23.7 Å². The molecule has 0 saturated heterocycles. The zero-order valence-corrected chi connectivity index (χ0v) is 20.0. The predicted molar refractivity (Wildman–Crippen MR) is 127 cm³/mol. The van der Waals surface area contributed by atoms with Gasteiger partial charge in [-0.15, -0.1) is 0 Å². The van der Waals surface area contributed by atoms with Crippen LogP contribution in [0.2, 0.25) is 5.15 Å². The maximum absolute atomic E-state index is 13.0. The molecule has 34 heavy (non-hydrogen) atoms. The Morgan fingerprint density at radius 2 is 1.97 bits per heavy atom. The van der Waals surface area contributed by atoms with Crippen molar-refractivity contribution in [2.24, 2.45) is 7.05 Å². The fourth-order valence-electron chi connectivity index (χ4n) is 3.64. The van der Waals surface area contributed by atoms with Gasteiger partial charge in [-0.05, 0) is 36.6 Å². The SMILES string of the molecule is Cn1c(=O)c(C(=O)NCc2ccc(C#N)cc2)cc2nc(Cl)cc(OCC3(S(C)(=O)=O)CC3)c21. The zero-order chi connectivity index (χ0) is 24.7. The van der Waals surface area contributed by atoms with Crippen molar-refractivity contribution in [2.45, 2.75) is 24.1 Å². The number of nitrogens with one attached hydrogen (secondary N) is 1. The van der Waals surface area contributed by atoms with Crippen molar-refractivity contribution < 1.29 is 17.9 Å². The highest BCUT2D eigenvalue weighted by molar-refractivity contribution is 7.92. The first kappa shape index (κ1) is 23.7. The van der Waals surface area contributed by atoms with Crippen LogP contribution < -0.4 is 15.6 Å². The molecule has 1 amide bonds. The molecule has 0 spiro atoms. The average Bonchev–Trinajstić information content (AvgIpc) is 3.60. The van der Waals surface area contributed by atoms with E-state index in [1.54, 1.807) is 24.3 Å². The molecule has 9 nitrogen and oxygen atoms in total. The van der Waals surface area contributed by atoms with E-state index < -0.39 is 26.1 Å². The van der Waals surface area contributed by atoms with Crippen LogP contribution in [0.5, 0.6) is 5.75 Å². The fourth-order valence-corrected chi connectivity index (χ4v) is 4.95. The summed E-state index contributed by atoms with van der Waals surface area (Å²) in [6.07, 6.45) is 2.19. The molecular weight excluding hydrogens is 480 g/mol. The minimum Gasteiger partial charge on any atom is -0.490 e. The molecule has 0 radical (unpaired) electrons. The van der Waals surface area contributed by atoms with E-state index in [0.717, 1.165) is 5.56 Å². The number of rotatable bonds is 7. The normalized spacial score (nSPS) is 14.4. The summed E-state index contributed by atoms with van der Waals surface area (Å²) in [5, 5.41) is 11.7. The number of pyridine rings is 2. The van der Waals surface area contributed by atoms with Crippen LogP contribution in [-0.2, 0) is 23.4 Å². The number of hydrogen-bond acceptors (Lipinski definition) is 7. The van der Waals surface area contributed by atoms with Gasteiger partial charge in [0.05, 0.1) is 17.1 Å². The number of aryl methyl sites for hydroxylation is 1. The Hall–Kier alpha value is -3.42. The minimum absolute atomic E-state index is 0.0672. The second-order valence-electron chi connectivity index (χ2n) is 8.33. The van der Waals surface area contributed by atoms with Gasteiger partial charge in [-0.2, -0.15) is 5.26 Å². The summed E-state index contributed by atoms with van der Waals surface area (Å²) in [6, 6.07) is 11.5. The van der Waals surface area contributed by atoms with Gasteiger partial charge in [0, 0.05) is 25.9 Å². The van der Waals surface area contributed by atoms with Crippen LogP contribution in [0.4, 0.5) is 0 Å². The van der Waals surface area contributed by atoms with E-state index in [0.29, 0.717) is 23.9 Å². The highest BCUT2D eigenvalue weighted by Gasteiger charge is 2.53. The molecule has 1 fully saturated rings. The van der Waals surface area contributed by atoms with Crippen LogP contribution in [0, 0.1) is 11.3 Å². The zero-order valence-electron chi connectivity index (χ0n) is 18.5. The molecule has 1 N–H and O–H groups in total. The predicted octanol–water partition coefficient (Wildman–Crippen LogP) is 2.34. The summed E-state index contributed by atoms with van der Waals surface area (Å²) in [6.45, 7) is 0.0962. The summed E-state index contributed by atoms with van der Waals surface area (Å²) in [5.74, 6) is -0.376. The van der Waals surface area contributed by atoms with Crippen molar-refractivity contribution in [3.8, 4) is 11.8 Å². The molecule has 11 heteroatoms. The lowest BCUT2D eigenvalue weighted by atomic mass is 10.1. The first-order valence-corrected chi connectivity index (χ1v) is 12.6. The molecule has 4 rings (SSSR count). The van der Waals surface area contributed by atoms with Crippen molar-refractivity contribution in [3.63, 3.8) is 0 Å². The quantitative estimate of drug-likeness (QED) is 0.492. The lowest BCUT2D eigenvalue weighted by molar-refractivity contribution is 0.0949. The van der Waals surface area contributed by atoms with Gasteiger partial charge in [-0.3, -0.25) is 9.59 Å². The highest BCUT2D eigenvalue weighted by Crippen LogP contribution is 2.43. The third kappa shape index (κ3) is 4.49. The number of carbonyl (C=O) groups excluding carboxylic acids is 1. The van der Waals surface area contributed by atoms with E-state index in [1.165, 1.54) is 30.0 Å². The van der Waals surface area contributed by atoms with Gasteiger partial charge < -0.3 is 14.6 Å². The number of fused-ring (bicyclic) bond motifs is 1. The Bertz CT molecular complexity index is 1500. The van der Waals surface area contributed by atoms with E-state index >= 15 is 0 Å². The number of hydrogen-bond donors (Lipinski definition) is 1. The molecule has 0 atom stereocenters. The Balaban J connectivity index is 1.62. The smallest absolute Gasteiger partial charge is 0.263 e. The van der Waals surface area contributed by atoms with E-state index in [9.17, 15) is 18.0 Å². The molecule has 1 saturated carbocycles. The number of sulfone groups is 1. The second-order valence-corrected chi connectivity index (χ2v) is 11.1. The summed E-state index contributed by atoms with van der Waals surface area (Å²) in [7, 11) is -1.83. The van der Waals surface area contributed by atoms with Crippen LogP contribution >= 0.6 is 11.6 Å². The topological polar surface area (TPSA) is 131 Å². The van der Waals surface area contributed by atoms with Gasteiger partial charge in [0.1, 0.15) is 33.3 Å². The van der Waals surface area contributed by atoms with Crippen LogP contribution in [0.15, 0.2) is 41.2 Å². The van der Waals surface area contributed by atoms with Crippen LogP contribution in [0.1, 0.15) is 34.3 Å². The van der Waals surface area contributed by atoms with E-state index in [2.05, 4.69) is 10.3 Å². The number of aromatic nitrogens is 2. The Kier molecular flexibility index (Phi) is 6.10. The van der Waals surface area contributed by atoms with Crippen molar-refractivity contribution in [1.82, 2.24) is 14.9 Å². The third-order valence-corrected chi connectivity index (χ3v) is 8.26. The number of amides is 1. The Morgan fingerprint density at radius 3 is 2.56 bits per heavy atom. The van der Waals surface area contributed by atoms with Gasteiger partial charge in [0.25, 0.3) is 11.5 Å². The maximum atomic E-state index is 13.0. The van der Waals surface area contributed by atoms with Crippen molar-refractivity contribution in [3.05, 3.63) is 68.6 Å². The average molecular weight is 501 g/mol. The first-order chi connectivity index (χ1) is 16.0. The minimum atomic E-state index is -3.31. The number of nitrogens with zero attached hydrogens (tertiary/aromatic N) is 3. The summed E-state index contributed by atoms with van der Waals surface area (Å²) in [5.41, 5.74) is 1.15. The van der Waals surface area contributed by atoms with Crippen molar-refractivity contribution >= 4 is 38.4 Å². The first-order valence-electron chi connectivity index (χ1n) is 10.3. The monoisotopic (exact) mass is 500 g/mol. The third-order valence-electron chi connectivity index (χ3n) is 5.97. The largest absolute Gasteiger partial charge is 0.490 e. The molecular formula is C23H21ClN4O5S. The summed E-state index contributed by atoms with van der Waals surface area (Å²) >= 11 is 6.15. The van der Waals surface area contributed by atoms with Gasteiger partial charge in [-0.25, -0.2) is 13.4 Å². The van der Waals surface area contributed by atoms with Crippen LogP contribution in [-0.4, -0.2) is 41.5 Å². The molecule has 1 aliphatic rings. The number of benzene rings is 1. The molecule has 0 aliphatic heterocycles. The Morgan fingerprint density at radius 1 is 1.29 bits per heavy atom. The lowest BCUT2D eigenvalue weighted by Crippen LogP contribution is -2.32. The number of carbonyl (C=O) groups is 1. The second kappa shape index (κ2) is 8.74. The maximum Gasteiger partial charge on any atom is 0.263 e. The molecule has 0 unspecified atom stereocenters. The van der Waals surface area contributed by atoms with E-state index in [-0.39, 0.29) is 35.1 Å². The fraction of sp³-hybridized carbons (Fsp3) is 0.304. The van der Waals surface area contributed by atoms with E-state index in [4.69, 9.17) is 21.6 Å². The number of ether oxygens (including phenoxy) is 1. The number of halogens is 1.